The third-order valence-corrected chi connectivity index (χ3v) is 4.83. The fourth-order valence-corrected chi connectivity index (χ4v) is 3.43. The van der Waals surface area contributed by atoms with E-state index >= 15 is 0 Å². The molecule has 3 heterocycles. The second-order valence-corrected chi connectivity index (χ2v) is 7.40. The van der Waals surface area contributed by atoms with E-state index < -0.39 is 0 Å². The minimum Gasteiger partial charge on any atom is -0.339 e. The first-order valence-corrected chi connectivity index (χ1v) is 9.47. The van der Waals surface area contributed by atoms with Crippen molar-refractivity contribution in [2.45, 2.75) is 31.0 Å². The topological polar surface area (TPSA) is 82.5 Å². The molecule has 0 fully saturated rings. The zero-order valence-electron chi connectivity index (χ0n) is 14.8. The monoisotopic (exact) mass is 384 g/mol. The average molecular weight is 384 g/mol. The van der Waals surface area contributed by atoms with Gasteiger partial charge in [0.1, 0.15) is 17.2 Å². The van der Waals surface area contributed by atoms with Crippen LogP contribution in [-0.2, 0) is 12.2 Å². The number of rotatable bonds is 6. The number of halogens is 1. The Morgan fingerprint density at radius 1 is 1.19 bits per heavy atom. The molecule has 0 radical (unpaired) electrons. The Bertz CT molecular complexity index is 1060. The summed E-state index contributed by atoms with van der Waals surface area (Å²) in [4.78, 5) is 13.1. The van der Waals surface area contributed by atoms with Crippen LogP contribution >= 0.6 is 11.8 Å². The van der Waals surface area contributed by atoms with Gasteiger partial charge in [0.15, 0.2) is 11.5 Å². The molecule has 138 valence electrons. The highest BCUT2D eigenvalue weighted by Gasteiger charge is 2.14. The zero-order chi connectivity index (χ0) is 18.8. The van der Waals surface area contributed by atoms with E-state index in [4.69, 9.17) is 4.52 Å². The van der Waals surface area contributed by atoms with E-state index in [1.165, 1.54) is 30.2 Å². The van der Waals surface area contributed by atoms with Gasteiger partial charge in [-0.25, -0.2) is 19.0 Å². The summed E-state index contributed by atoms with van der Waals surface area (Å²) in [7, 11) is 0. The van der Waals surface area contributed by atoms with E-state index in [1.54, 1.807) is 23.0 Å². The number of hydrogen-bond acceptors (Lipinski definition) is 7. The summed E-state index contributed by atoms with van der Waals surface area (Å²) in [5.74, 6) is 1.99. The molecular formula is C18H17FN6OS. The van der Waals surface area contributed by atoms with Crippen molar-refractivity contribution < 1.29 is 8.91 Å². The van der Waals surface area contributed by atoms with Crippen molar-refractivity contribution in [3.05, 3.63) is 54.3 Å². The molecule has 1 aromatic carbocycles. The van der Waals surface area contributed by atoms with Crippen molar-refractivity contribution in [3.8, 4) is 5.69 Å². The lowest BCUT2D eigenvalue weighted by atomic mass is 10.1. The third kappa shape index (κ3) is 3.82. The number of aromatic nitrogens is 6. The van der Waals surface area contributed by atoms with Gasteiger partial charge in [-0.05, 0) is 30.2 Å². The first-order chi connectivity index (χ1) is 13.1. The van der Waals surface area contributed by atoms with Crippen LogP contribution < -0.4 is 0 Å². The number of nitrogens with zero attached hydrogens (tertiary/aromatic N) is 6. The van der Waals surface area contributed by atoms with Crippen LogP contribution in [0.2, 0.25) is 0 Å². The van der Waals surface area contributed by atoms with Crippen LogP contribution in [-0.4, -0.2) is 29.9 Å². The zero-order valence-corrected chi connectivity index (χ0v) is 15.6. The third-order valence-electron chi connectivity index (χ3n) is 3.83. The van der Waals surface area contributed by atoms with Crippen LogP contribution in [0.4, 0.5) is 4.39 Å². The van der Waals surface area contributed by atoms with Crippen molar-refractivity contribution >= 4 is 22.8 Å². The molecule has 0 atom stereocenters. The predicted molar refractivity (Wildman–Crippen MR) is 99.0 cm³/mol. The summed E-state index contributed by atoms with van der Waals surface area (Å²) >= 11 is 1.50. The first-order valence-electron chi connectivity index (χ1n) is 8.49. The van der Waals surface area contributed by atoms with Crippen molar-refractivity contribution in [2.75, 3.05) is 0 Å². The molecule has 0 aliphatic rings. The molecule has 0 saturated carbocycles. The highest BCUT2D eigenvalue weighted by Crippen LogP contribution is 2.27. The van der Waals surface area contributed by atoms with Gasteiger partial charge in [-0.3, -0.25) is 0 Å². The second kappa shape index (κ2) is 7.43. The van der Waals surface area contributed by atoms with Crippen molar-refractivity contribution in [3.63, 3.8) is 0 Å². The normalized spacial score (nSPS) is 11.6. The Balaban J connectivity index is 1.56. The lowest BCUT2D eigenvalue weighted by Gasteiger charge is -2.03. The summed E-state index contributed by atoms with van der Waals surface area (Å²) in [5.41, 5.74) is 1.39. The van der Waals surface area contributed by atoms with Gasteiger partial charge in [0.25, 0.3) is 0 Å². The highest BCUT2D eigenvalue weighted by molar-refractivity contribution is 7.98. The average Bonchev–Trinajstić information content (AvgIpc) is 3.27. The maximum atomic E-state index is 13.2. The molecule has 0 aliphatic heterocycles. The fraction of sp³-hybridized carbons (Fsp3) is 0.278. The second-order valence-electron chi connectivity index (χ2n) is 6.44. The van der Waals surface area contributed by atoms with Crippen LogP contribution in [0.1, 0.15) is 25.6 Å². The number of hydrogen-bond donors (Lipinski definition) is 0. The minimum atomic E-state index is -0.293. The number of benzene rings is 1. The summed E-state index contributed by atoms with van der Waals surface area (Å²) < 4.78 is 20.1. The van der Waals surface area contributed by atoms with E-state index in [0.717, 1.165) is 22.5 Å². The molecule has 4 aromatic rings. The van der Waals surface area contributed by atoms with Crippen molar-refractivity contribution in [2.24, 2.45) is 5.92 Å². The fourth-order valence-electron chi connectivity index (χ4n) is 2.62. The molecular weight excluding hydrogens is 367 g/mol. The predicted octanol–water partition coefficient (Wildman–Crippen LogP) is 3.83. The lowest BCUT2D eigenvalue weighted by Crippen LogP contribution is -1.98. The summed E-state index contributed by atoms with van der Waals surface area (Å²) in [5, 5.41) is 9.99. The minimum absolute atomic E-state index is 0.293. The van der Waals surface area contributed by atoms with E-state index in [9.17, 15) is 4.39 Å². The van der Waals surface area contributed by atoms with Crippen LogP contribution in [0.3, 0.4) is 0 Å². The number of fused-ring (bicyclic) bond motifs is 1. The van der Waals surface area contributed by atoms with Gasteiger partial charge >= 0.3 is 0 Å². The molecule has 0 saturated heterocycles. The standard InChI is InChI=1S/C18H17FN6OS/c1-11(2)7-16-23-15(24-26-16)9-27-18-14-8-22-25(17(14)20-10-21-18)13-5-3-12(19)4-6-13/h3-6,8,10-11H,7,9H2,1-2H3. The van der Waals surface area contributed by atoms with Crippen LogP contribution in [0.15, 0.2) is 46.3 Å². The molecule has 3 aromatic heterocycles. The van der Waals surface area contributed by atoms with Gasteiger partial charge < -0.3 is 4.52 Å². The Hall–Kier alpha value is -2.81. The van der Waals surface area contributed by atoms with E-state index in [2.05, 4.69) is 39.1 Å². The van der Waals surface area contributed by atoms with Gasteiger partial charge in [-0.1, -0.05) is 30.8 Å². The Morgan fingerprint density at radius 2 is 2.00 bits per heavy atom. The Labute approximate surface area is 159 Å². The van der Waals surface area contributed by atoms with Crippen LogP contribution in [0, 0.1) is 11.7 Å². The maximum Gasteiger partial charge on any atom is 0.226 e. The van der Waals surface area contributed by atoms with Crippen LogP contribution in [0.5, 0.6) is 0 Å². The van der Waals surface area contributed by atoms with Crippen molar-refractivity contribution in [1.29, 1.82) is 0 Å². The summed E-state index contributed by atoms with van der Waals surface area (Å²) in [6, 6.07) is 6.11. The molecule has 0 spiro atoms. The van der Waals surface area contributed by atoms with Gasteiger partial charge in [-0.2, -0.15) is 10.1 Å². The lowest BCUT2D eigenvalue weighted by molar-refractivity contribution is 0.360. The van der Waals surface area contributed by atoms with Gasteiger partial charge in [0.05, 0.1) is 23.0 Å². The molecule has 9 heteroatoms. The number of thioether (sulfide) groups is 1. The molecule has 4 rings (SSSR count). The highest BCUT2D eigenvalue weighted by atomic mass is 32.2. The van der Waals surface area contributed by atoms with E-state index in [-0.39, 0.29) is 5.82 Å². The summed E-state index contributed by atoms with van der Waals surface area (Å²) in [6.07, 6.45) is 3.97. The molecule has 0 N–H and O–H groups in total. The van der Waals surface area contributed by atoms with Gasteiger partial charge in [0.2, 0.25) is 5.89 Å². The van der Waals surface area contributed by atoms with Crippen molar-refractivity contribution in [1.82, 2.24) is 29.9 Å². The molecule has 7 nitrogen and oxygen atoms in total. The largest absolute Gasteiger partial charge is 0.339 e. The maximum absolute atomic E-state index is 13.2. The smallest absolute Gasteiger partial charge is 0.226 e. The molecule has 0 unspecified atom stereocenters. The Morgan fingerprint density at radius 3 is 2.78 bits per heavy atom. The van der Waals surface area contributed by atoms with Gasteiger partial charge in [0, 0.05) is 6.42 Å². The Kier molecular flexibility index (Phi) is 4.85. The molecule has 0 bridgehead atoms. The SMILES string of the molecule is CC(C)Cc1nc(CSc2ncnc3c2cnn3-c2ccc(F)cc2)no1. The van der Waals surface area contributed by atoms with E-state index in [0.29, 0.717) is 29.0 Å². The first kappa shape index (κ1) is 17.6. The van der Waals surface area contributed by atoms with Crippen LogP contribution in [0.25, 0.3) is 16.7 Å². The summed E-state index contributed by atoms with van der Waals surface area (Å²) in [6.45, 7) is 4.21. The molecule has 0 aliphatic carbocycles. The molecule has 0 amide bonds. The van der Waals surface area contributed by atoms with E-state index in [1.807, 2.05) is 0 Å². The van der Waals surface area contributed by atoms with Gasteiger partial charge in [-0.15, -0.1) is 0 Å². The quantitative estimate of drug-likeness (QED) is 0.369. The molecule has 27 heavy (non-hydrogen) atoms.